The molecular formula is C20H24Cl2N2O2. The van der Waals surface area contributed by atoms with Crippen molar-refractivity contribution in [3.05, 3.63) is 45.8 Å². The van der Waals surface area contributed by atoms with E-state index in [-0.39, 0.29) is 32.8 Å². The van der Waals surface area contributed by atoms with Crippen molar-refractivity contribution in [2.24, 2.45) is 0 Å². The summed E-state index contributed by atoms with van der Waals surface area (Å²) in [6, 6.07) is 0. The number of carbonyl (C=O) groups is 2. The van der Waals surface area contributed by atoms with E-state index in [9.17, 15) is 9.59 Å². The number of nitrogens with zero attached hydrogens (tertiary/aromatic N) is 2. The van der Waals surface area contributed by atoms with Crippen molar-refractivity contribution in [2.45, 2.75) is 38.5 Å². The van der Waals surface area contributed by atoms with Crippen LogP contribution in [0.5, 0.6) is 0 Å². The fourth-order valence-electron chi connectivity index (χ4n) is 3.47. The molecule has 0 aromatic carbocycles. The highest BCUT2D eigenvalue weighted by Crippen LogP contribution is 2.31. The molecule has 140 valence electrons. The molecule has 0 radical (unpaired) electrons. The second-order valence-electron chi connectivity index (χ2n) is 6.94. The molecular weight excluding hydrogens is 371 g/mol. The number of allylic oxidation sites excluding steroid dienone is 6. The van der Waals surface area contributed by atoms with Gasteiger partial charge in [-0.05, 0) is 63.1 Å². The Kier molecular flexibility index (Phi) is 6.60. The molecule has 0 unspecified atom stereocenters. The number of halogens is 2. The number of rotatable bonds is 4. The van der Waals surface area contributed by atoms with Gasteiger partial charge >= 0.3 is 0 Å². The highest BCUT2D eigenvalue weighted by Gasteiger charge is 2.31. The first-order valence-electron chi connectivity index (χ1n) is 9.31. The Morgan fingerprint density at radius 2 is 0.962 bits per heavy atom. The van der Waals surface area contributed by atoms with Gasteiger partial charge in [-0.2, -0.15) is 0 Å². The zero-order valence-corrected chi connectivity index (χ0v) is 16.4. The van der Waals surface area contributed by atoms with Crippen LogP contribution in [0.1, 0.15) is 38.5 Å². The van der Waals surface area contributed by atoms with Crippen LogP contribution in [0, 0.1) is 0 Å². The van der Waals surface area contributed by atoms with E-state index in [1.807, 2.05) is 12.4 Å². The highest BCUT2D eigenvalue weighted by atomic mass is 35.5. The Labute approximate surface area is 164 Å². The highest BCUT2D eigenvalue weighted by molar-refractivity contribution is 6.56. The summed E-state index contributed by atoms with van der Waals surface area (Å²) in [5.41, 5.74) is 0.365. The Balaban J connectivity index is 1.75. The minimum atomic E-state index is -0.386. The van der Waals surface area contributed by atoms with Crippen molar-refractivity contribution in [1.82, 2.24) is 9.80 Å². The number of hydrogen-bond acceptors (Lipinski definition) is 4. The summed E-state index contributed by atoms with van der Waals surface area (Å²) in [6.07, 6.45) is 13.9. The van der Waals surface area contributed by atoms with Crippen LogP contribution in [-0.4, -0.2) is 47.5 Å². The van der Waals surface area contributed by atoms with Gasteiger partial charge in [0.2, 0.25) is 11.6 Å². The van der Waals surface area contributed by atoms with E-state index in [4.69, 9.17) is 23.2 Å². The van der Waals surface area contributed by atoms with Crippen molar-refractivity contribution in [3.63, 3.8) is 0 Å². The van der Waals surface area contributed by atoms with Gasteiger partial charge in [-0.3, -0.25) is 9.59 Å². The molecule has 0 N–H and O–H groups in total. The van der Waals surface area contributed by atoms with E-state index in [0.717, 1.165) is 51.9 Å². The van der Waals surface area contributed by atoms with Crippen LogP contribution in [-0.2, 0) is 9.59 Å². The van der Waals surface area contributed by atoms with Crippen LogP contribution in [0.15, 0.2) is 45.8 Å². The third-order valence-electron chi connectivity index (χ3n) is 5.05. The summed E-state index contributed by atoms with van der Waals surface area (Å²) >= 11 is 12.5. The minimum absolute atomic E-state index is 0.0500. The maximum absolute atomic E-state index is 12.6. The Morgan fingerprint density at radius 3 is 1.31 bits per heavy atom. The molecule has 4 nitrogen and oxygen atoms in total. The normalized spacial score (nSPS) is 23.2. The van der Waals surface area contributed by atoms with E-state index >= 15 is 0 Å². The van der Waals surface area contributed by atoms with Gasteiger partial charge in [0.25, 0.3) is 0 Å². The minimum Gasteiger partial charge on any atom is -0.377 e. The number of Topliss-reactive ketones (excluding diaryl/α,β-unsaturated/α-hetero) is 2. The SMILES string of the molecule is O=C1C(Cl)=C(C=CN2CCCCC2)C(=O)C(Cl)=C1C=CN1CCCCC1. The van der Waals surface area contributed by atoms with Crippen molar-refractivity contribution in [1.29, 1.82) is 0 Å². The lowest BCUT2D eigenvalue weighted by atomic mass is 9.96. The van der Waals surface area contributed by atoms with E-state index in [0.29, 0.717) is 0 Å². The summed E-state index contributed by atoms with van der Waals surface area (Å²) in [5.74, 6) is -0.773. The molecule has 2 fully saturated rings. The van der Waals surface area contributed by atoms with E-state index in [1.165, 1.54) is 12.8 Å². The molecule has 6 heteroatoms. The fraction of sp³-hybridized carbons (Fsp3) is 0.500. The van der Waals surface area contributed by atoms with E-state index in [2.05, 4.69) is 9.80 Å². The number of carbonyl (C=O) groups excluding carboxylic acids is 2. The van der Waals surface area contributed by atoms with E-state index in [1.54, 1.807) is 12.2 Å². The second kappa shape index (κ2) is 8.92. The van der Waals surface area contributed by atoms with Crippen molar-refractivity contribution < 1.29 is 9.59 Å². The van der Waals surface area contributed by atoms with Gasteiger partial charge in [0.1, 0.15) is 0 Å². The third kappa shape index (κ3) is 4.41. The molecule has 2 saturated heterocycles. The topological polar surface area (TPSA) is 40.6 Å². The Bertz CT molecular complexity index is 635. The molecule has 1 aliphatic carbocycles. The summed E-state index contributed by atoms with van der Waals surface area (Å²) in [5, 5.41) is -0.100. The predicted octanol–water partition coefficient (Wildman–Crippen LogP) is 4.12. The van der Waals surface area contributed by atoms with Crippen LogP contribution < -0.4 is 0 Å². The van der Waals surface area contributed by atoms with Gasteiger partial charge in [0.05, 0.1) is 10.1 Å². The molecule has 0 aromatic rings. The van der Waals surface area contributed by atoms with Crippen LogP contribution in [0.25, 0.3) is 0 Å². The van der Waals surface area contributed by atoms with E-state index < -0.39 is 0 Å². The number of likely N-dealkylation sites (tertiary alicyclic amines) is 2. The third-order valence-corrected chi connectivity index (χ3v) is 5.80. The maximum atomic E-state index is 12.6. The fourth-order valence-corrected chi connectivity index (χ4v) is 3.97. The van der Waals surface area contributed by atoms with Gasteiger partial charge in [0.15, 0.2) is 0 Å². The Morgan fingerprint density at radius 1 is 0.615 bits per heavy atom. The number of piperidine rings is 2. The summed E-state index contributed by atoms with van der Waals surface area (Å²) in [4.78, 5) is 29.5. The lowest BCUT2D eigenvalue weighted by molar-refractivity contribution is -0.115. The van der Waals surface area contributed by atoms with Crippen molar-refractivity contribution >= 4 is 34.8 Å². The first kappa shape index (κ1) is 19.2. The zero-order valence-electron chi connectivity index (χ0n) is 14.8. The van der Waals surface area contributed by atoms with Crippen LogP contribution in [0.3, 0.4) is 0 Å². The predicted molar refractivity (Wildman–Crippen MR) is 105 cm³/mol. The molecule has 2 heterocycles. The maximum Gasteiger partial charge on any atom is 0.206 e. The van der Waals surface area contributed by atoms with Crippen LogP contribution >= 0.6 is 23.2 Å². The smallest absolute Gasteiger partial charge is 0.206 e. The Hall–Kier alpha value is -1.52. The molecule has 0 atom stereocenters. The standard InChI is InChI=1S/C20H24Cl2N2O2/c21-17-15(7-13-23-9-3-1-4-10-23)19(25)18(22)16(20(17)26)8-14-24-11-5-2-6-12-24/h7-8,13-14H,1-6,9-12H2. The second-order valence-corrected chi connectivity index (χ2v) is 7.69. The lowest BCUT2D eigenvalue weighted by Crippen LogP contribution is -2.25. The molecule has 0 bridgehead atoms. The molecule has 26 heavy (non-hydrogen) atoms. The molecule has 3 aliphatic rings. The van der Waals surface area contributed by atoms with Gasteiger partial charge < -0.3 is 9.80 Å². The molecule has 0 saturated carbocycles. The number of ketones is 2. The monoisotopic (exact) mass is 394 g/mol. The average Bonchev–Trinajstić information content (AvgIpc) is 2.68. The molecule has 2 aliphatic heterocycles. The molecule has 3 rings (SSSR count). The first-order chi connectivity index (χ1) is 12.6. The van der Waals surface area contributed by atoms with Gasteiger partial charge in [-0.15, -0.1) is 0 Å². The first-order valence-corrected chi connectivity index (χ1v) is 10.1. The van der Waals surface area contributed by atoms with Gasteiger partial charge in [0, 0.05) is 37.3 Å². The van der Waals surface area contributed by atoms with Crippen LogP contribution in [0.2, 0.25) is 0 Å². The number of hydrogen-bond donors (Lipinski definition) is 0. The summed E-state index contributed by atoms with van der Waals surface area (Å²) in [6.45, 7) is 3.82. The average molecular weight is 395 g/mol. The quantitative estimate of drug-likeness (QED) is 0.672. The summed E-state index contributed by atoms with van der Waals surface area (Å²) < 4.78 is 0. The molecule has 0 aromatic heterocycles. The summed E-state index contributed by atoms with van der Waals surface area (Å²) in [7, 11) is 0. The van der Waals surface area contributed by atoms with Gasteiger partial charge in [-0.25, -0.2) is 0 Å². The van der Waals surface area contributed by atoms with Crippen molar-refractivity contribution in [2.75, 3.05) is 26.2 Å². The van der Waals surface area contributed by atoms with Crippen LogP contribution in [0.4, 0.5) is 0 Å². The largest absolute Gasteiger partial charge is 0.377 e. The zero-order chi connectivity index (χ0) is 18.5. The molecule has 0 amide bonds. The van der Waals surface area contributed by atoms with Gasteiger partial charge in [-0.1, -0.05) is 23.2 Å². The van der Waals surface area contributed by atoms with Crippen molar-refractivity contribution in [3.8, 4) is 0 Å². The molecule has 0 spiro atoms. The lowest BCUT2D eigenvalue weighted by Gasteiger charge is -2.25.